The van der Waals surface area contributed by atoms with Gasteiger partial charge in [-0.2, -0.15) is 4.31 Å². The molecule has 0 radical (unpaired) electrons. The highest BCUT2D eigenvalue weighted by atomic mass is 32.2. The lowest BCUT2D eigenvalue weighted by Crippen LogP contribution is -2.31. The number of rotatable bonds is 6. The molecule has 7 nitrogen and oxygen atoms in total. The molecule has 1 fully saturated rings. The van der Waals surface area contributed by atoms with Crippen molar-refractivity contribution in [2.75, 3.05) is 19.0 Å². The number of ether oxygens (including phenoxy) is 1. The van der Waals surface area contributed by atoms with E-state index in [2.05, 4.69) is 10.3 Å². The fourth-order valence-corrected chi connectivity index (χ4v) is 5.56. The van der Waals surface area contributed by atoms with Gasteiger partial charge >= 0.3 is 0 Å². The van der Waals surface area contributed by atoms with Crippen molar-refractivity contribution in [3.05, 3.63) is 72.1 Å². The number of nitrogens with one attached hydrogen (secondary N) is 1. The predicted octanol–water partition coefficient (Wildman–Crippen LogP) is 4.06. The van der Waals surface area contributed by atoms with E-state index in [1.54, 1.807) is 24.3 Å². The summed E-state index contributed by atoms with van der Waals surface area (Å²) < 4.78 is 33.6. The van der Waals surface area contributed by atoms with Crippen molar-refractivity contribution in [2.24, 2.45) is 0 Å². The molecular formula is C22H24N4O3S. The van der Waals surface area contributed by atoms with Gasteiger partial charge in [0.2, 0.25) is 10.0 Å². The summed E-state index contributed by atoms with van der Waals surface area (Å²) in [6, 6.07) is 17.7. The lowest BCUT2D eigenvalue weighted by molar-refractivity contribution is 0.377. The first-order valence-corrected chi connectivity index (χ1v) is 11.3. The lowest BCUT2D eigenvalue weighted by Gasteiger charge is -2.25. The van der Waals surface area contributed by atoms with Crippen LogP contribution in [0.2, 0.25) is 0 Å². The highest BCUT2D eigenvalue weighted by Gasteiger charge is 2.38. The standard InChI is InChI=1S/C22H24N4O3S/c1-16-8-5-13-21(23-16)25-22-14-6-9-17(24-22)18-10-7-15-26(18)30(27,28)20-12-4-3-11-19(20)29-2/h3-6,8-9,11-14,18H,7,10,15H2,1-2H3,(H,23,24,25)/t18-/m1/s1. The quantitative estimate of drug-likeness (QED) is 0.642. The number of para-hydroxylation sites is 1. The summed E-state index contributed by atoms with van der Waals surface area (Å²) in [5.74, 6) is 1.67. The van der Waals surface area contributed by atoms with Crippen molar-refractivity contribution in [1.82, 2.24) is 14.3 Å². The van der Waals surface area contributed by atoms with E-state index in [0.29, 0.717) is 36.0 Å². The summed E-state index contributed by atoms with van der Waals surface area (Å²) in [6.07, 6.45) is 1.49. The monoisotopic (exact) mass is 424 g/mol. The molecule has 0 spiro atoms. The van der Waals surface area contributed by atoms with Crippen LogP contribution < -0.4 is 10.1 Å². The predicted molar refractivity (Wildman–Crippen MR) is 115 cm³/mol. The number of aryl methyl sites for hydroxylation is 1. The smallest absolute Gasteiger partial charge is 0.247 e. The zero-order valence-electron chi connectivity index (χ0n) is 16.9. The molecule has 4 rings (SSSR count). The van der Waals surface area contributed by atoms with E-state index in [9.17, 15) is 8.42 Å². The average Bonchev–Trinajstić information content (AvgIpc) is 3.25. The Morgan fingerprint density at radius 1 is 1.00 bits per heavy atom. The number of hydrogen-bond donors (Lipinski definition) is 1. The van der Waals surface area contributed by atoms with Gasteiger partial charge in [-0.3, -0.25) is 0 Å². The summed E-state index contributed by atoms with van der Waals surface area (Å²) in [5.41, 5.74) is 1.62. The third-order valence-corrected chi connectivity index (χ3v) is 7.06. The number of methoxy groups -OCH3 is 1. The first-order valence-electron chi connectivity index (χ1n) is 9.81. The molecule has 8 heteroatoms. The molecule has 1 aliphatic heterocycles. The zero-order valence-corrected chi connectivity index (χ0v) is 17.8. The van der Waals surface area contributed by atoms with Crippen LogP contribution in [0.4, 0.5) is 11.6 Å². The molecule has 0 saturated carbocycles. The normalized spacial score (nSPS) is 17.1. The second-order valence-electron chi connectivity index (χ2n) is 7.16. The van der Waals surface area contributed by atoms with Crippen molar-refractivity contribution < 1.29 is 13.2 Å². The molecule has 156 valence electrons. The SMILES string of the molecule is COc1ccccc1S(=O)(=O)N1CCC[C@@H]1c1cccc(Nc2cccc(C)n2)n1. The highest BCUT2D eigenvalue weighted by molar-refractivity contribution is 7.89. The Morgan fingerprint density at radius 2 is 1.73 bits per heavy atom. The molecule has 1 atom stereocenters. The Morgan fingerprint density at radius 3 is 2.50 bits per heavy atom. The molecular weight excluding hydrogens is 400 g/mol. The number of pyridine rings is 2. The Labute approximate surface area is 176 Å². The maximum absolute atomic E-state index is 13.4. The molecule has 0 unspecified atom stereocenters. The molecule has 30 heavy (non-hydrogen) atoms. The summed E-state index contributed by atoms with van der Waals surface area (Å²) in [5, 5.41) is 3.20. The number of aromatic nitrogens is 2. The van der Waals surface area contributed by atoms with Crippen LogP contribution in [-0.2, 0) is 10.0 Å². The van der Waals surface area contributed by atoms with Crippen LogP contribution in [0.1, 0.15) is 30.3 Å². The van der Waals surface area contributed by atoms with Gasteiger partial charge in [-0.1, -0.05) is 24.3 Å². The largest absolute Gasteiger partial charge is 0.495 e. The minimum absolute atomic E-state index is 0.178. The average molecular weight is 425 g/mol. The van der Waals surface area contributed by atoms with E-state index in [1.807, 2.05) is 43.3 Å². The topological polar surface area (TPSA) is 84.4 Å². The molecule has 3 aromatic rings. The second kappa shape index (κ2) is 8.41. The van der Waals surface area contributed by atoms with Crippen molar-refractivity contribution in [3.63, 3.8) is 0 Å². The van der Waals surface area contributed by atoms with Crippen molar-refractivity contribution in [3.8, 4) is 5.75 Å². The lowest BCUT2D eigenvalue weighted by atomic mass is 10.1. The summed E-state index contributed by atoms with van der Waals surface area (Å²) in [6.45, 7) is 2.37. The number of nitrogens with zero attached hydrogens (tertiary/aromatic N) is 3. The van der Waals surface area contributed by atoms with E-state index in [4.69, 9.17) is 9.72 Å². The molecule has 1 aromatic carbocycles. The summed E-state index contributed by atoms with van der Waals surface area (Å²) in [7, 11) is -2.24. The molecule has 1 N–H and O–H groups in total. The van der Waals surface area contributed by atoms with E-state index in [1.165, 1.54) is 11.4 Å². The highest BCUT2D eigenvalue weighted by Crippen LogP contribution is 2.38. The molecule has 0 amide bonds. The number of hydrogen-bond acceptors (Lipinski definition) is 6. The van der Waals surface area contributed by atoms with Crippen LogP contribution in [0, 0.1) is 6.92 Å². The molecule has 0 aliphatic carbocycles. The number of anilines is 2. The van der Waals surface area contributed by atoms with E-state index in [0.717, 1.165) is 12.1 Å². The van der Waals surface area contributed by atoms with Gasteiger partial charge in [0.15, 0.2) is 0 Å². The van der Waals surface area contributed by atoms with Gasteiger partial charge in [0.1, 0.15) is 22.3 Å². The van der Waals surface area contributed by atoms with Gasteiger partial charge in [-0.05, 0) is 56.2 Å². The van der Waals surface area contributed by atoms with Crippen LogP contribution in [0.5, 0.6) is 5.75 Å². The van der Waals surface area contributed by atoms with Crippen LogP contribution in [0.15, 0.2) is 65.6 Å². The fourth-order valence-electron chi connectivity index (χ4n) is 3.73. The van der Waals surface area contributed by atoms with Crippen molar-refractivity contribution in [1.29, 1.82) is 0 Å². The van der Waals surface area contributed by atoms with E-state index < -0.39 is 10.0 Å². The number of sulfonamides is 1. The van der Waals surface area contributed by atoms with Gasteiger partial charge in [-0.25, -0.2) is 18.4 Å². The third kappa shape index (κ3) is 4.01. The van der Waals surface area contributed by atoms with Gasteiger partial charge in [0, 0.05) is 12.2 Å². The Kier molecular flexibility index (Phi) is 5.69. The first kappa shape index (κ1) is 20.3. The Balaban J connectivity index is 1.64. The van der Waals surface area contributed by atoms with E-state index >= 15 is 0 Å². The van der Waals surface area contributed by atoms with E-state index in [-0.39, 0.29) is 10.9 Å². The van der Waals surface area contributed by atoms with Crippen LogP contribution in [0.25, 0.3) is 0 Å². The van der Waals surface area contributed by atoms with Crippen LogP contribution in [-0.4, -0.2) is 36.3 Å². The third-order valence-electron chi connectivity index (χ3n) is 5.12. The van der Waals surface area contributed by atoms with Crippen molar-refractivity contribution >= 4 is 21.7 Å². The second-order valence-corrected chi connectivity index (χ2v) is 9.02. The van der Waals surface area contributed by atoms with Crippen LogP contribution in [0.3, 0.4) is 0 Å². The van der Waals surface area contributed by atoms with Gasteiger partial charge in [-0.15, -0.1) is 0 Å². The summed E-state index contributed by atoms with van der Waals surface area (Å²) >= 11 is 0. The minimum Gasteiger partial charge on any atom is -0.495 e. The summed E-state index contributed by atoms with van der Waals surface area (Å²) in [4.78, 5) is 9.31. The van der Waals surface area contributed by atoms with Gasteiger partial charge < -0.3 is 10.1 Å². The fraction of sp³-hybridized carbons (Fsp3) is 0.273. The maximum atomic E-state index is 13.4. The Bertz CT molecular complexity index is 1150. The molecule has 2 aromatic heterocycles. The number of benzene rings is 1. The minimum atomic E-state index is -3.72. The molecule has 1 aliphatic rings. The van der Waals surface area contributed by atoms with Gasteiger partial charge in [0.05, 0.1) is 18.8 Å². The maximum Gasteiger partial charge on any atom is 0.247 e. The molecule has 1 saturated heterocycles. The molecule has 0 bridgehead atoms. The Hall–Kier alpha value is -2.97. The van der Waals surface area contributed by atoms with Crippen LogP contribution >= 0.6 is 0 Å². The first-order chi connectivity index (χ1) is 14.5. The zero-order chi connectivity index (χ0) is 21.1. The molecule has 3 heterocycles. The van der Waals surface area contributed by atoms with Gasteiger partial charge in [0.25, 0.3) is 0 Å². The van der Waals surface area contributed by atoms with Crippen molar-refractivity contribution in [2.45, 2.75) is 30.7 Å².